The van der Waals surface area contributed by atoms with Crippen molar-refractivity contribution >= 4 is 5.84 Å². The summed E-state index contributed by atoms with van der Waals surface area (Å²) in [7, 11) is 0. The second-order valence-corrected chi connectivity index (χ2v) is 4.58. The number of aliphatic hydroxyl groups excluding tert-OH is 1. The fourth-order valence-electron chi connectivity index (χ4n) is 2.33. The van der Waals surface area contributed by atoms with Gasteiger partial charge in [0.2, 0.25) is 0 Å². The molecule has 3 atom stereocenters. The molecule has 0 aromatic heterocycles. The van der Waals surface area contributed by atoms with Gasteiger partial charge in [0.1, 0.15) is 0 Å². The average Bonchev–Trinajstić information content (AvgIpc) is 2.62. The van der Waals surface area contributed by atoms with Crippen molar-refractivity contribution in [2.45, 2.75) is 45.3 Å². The van der Waals surface area contributed by atoms with Gasteiger partial charge < -0.3 is 10.8 Å². The lowest BCUT2D eigenvalue weighted by Gasteiger charge is -2.26. The van der Waals surface area contributed by atoms with E-state index >= 15 is 0 Å². The topological polar surface area (TPSA) is 73.3 Å². The van der Waals surface area contributed by atoms with Gasteiger partial charge in [-0.05, 0) is 32.2 Å². The van der Waals surface area contributed by atoms with E-state index in [2.05, 4.69) is 11.8 Å². The molecular formula is C11H23N3O. The summed E-state index contributed by atoms with van der Waals surface area (Å²) < 4.78 is 0. The van der Waals surface area contributed by atoms with E-state index in [1.165, 1.54) is 0 Å². The summed E-state index contributed by atoms with van der Waals surface area (Å²) in [5.74, 6) is 0.661. The van der Waals surface area contributed by atoms with E-state index in [0.717, 1.165) is 25.9 Å². The van der Waals surface area contributed by atoms with Crippen molar-refractivity contribution in [2.24, 2.45) is 11.7 Å². The van der Waals surface area contributed by atoms with E-state index in [9.17, 15) is 5.11 Å². The summed E-state index contributed by atoms with van der Waals surface area (Å²) in [5.41, 5.74) is 5.44. The summed E-state index contributed by atoms with van der Waals surface area (Å²) in [6.07, 6.45) is 2.52. The molecule has 0 bridgehead atoms. The summed E-state index contributed by atoms with van der Waals surface area (Å²) in [4.78, 5) is 2.36. The van der Waals surface area contributed by atoms with Gasteiger partial charge in [0.25, 0.3) is 0 Å². The fourth-order valence-corrected chi connectivity index (χ4v) is 2.33. The Kier molecular flexibility index (Phi) is 4.54. The van der Waals surface area contributed by atoms with Gasteiger partial charge in [0.15, 0.2) is 0 Å². The molecule has 4 nitrogen and oxygen atoms in total. The van der Waals surface area contributed by atoms with Gasteiger partial charge in [-0.2, -0.15) is 0 Å². The number of aliphatic hydroxyl groups is 1. The van der Waals surface area contributed by atoms with E-state index in [1.54, 1.807) is 0 Å². The third-order valence-electron chi connectivity index (χ3n) is 3.38. The Balaban J connectivity index is 2.46. The van der Waals surface area contributed by atoms with Crippen LogP contribution in [0.5, 0.6) is 0 Å². The van der Waals surface area contributed by atoms with Crippen molar-refractivity contribution in [3.05, 3.63) is 0 Å². The highest BCUT2D eigenvalue weighted by atomic mass is 16.3. The number of nitrogens with zero attached hydrogens (tertiary/aromatic N) is 1. The number of nitrogens with two attached hydrogens (primary N) is 1. The Morgan fingerprint density at radius 3 is 2.73 bits per heavy atom. The van der Waals surface area contributed by atoms with Gasteiger partial charge in [-0.15, -0.1) is 0 Å². The first-order valence-corrected chi connectivity index (χ1v) is 5.79. The van der Waals surface area contributed by atoms with E-state index in [0.29, 0.717) is 18.4 Å². The smallest absolute Gasteiger partial charge is 0.0921 e. The SMILES string of the molecule is CCC(CC(=N)N)N1CCC(C(C)O)C1. The molecule has 4 heteroatoms. The van der Waals surface area contributed by atoms with E-state index in [-0.39, 0.29) is 11.9 Å². The second kappa shape index (κ2) is 5.47. The van der Waals surface area contributed by atoms with Crippen LogP contribution in [0.2, 0.25) is 0 Å². The number of rotatable bonds is 5. The highest BCUT2D eigenvalue weighted by Gasteiger charge is 2.29. The fraction of sp³-hybridized carbons (Fsp3) is 0.909. The molecule has 4 N–H and O–H groups in total. The zero-order valence-electron chi connectivity index (χ0n) is 9.74. The molecule has 1 saturated heterocycles. The van der Waals surface area contributed by atoms with E-state index < -0.39 is 0 Å². The van der Waals surface area contributed by atoms with Crippen LogP contribution in [0.15, 0.2) is 0 Å². The van der Waals surface area contributed by atoms with Crippen LogP contribution in [-0.2, 0) is 0 Å². The molecule has 15 heavy (non-hydrogen) atoms. The predicted molar refractivity (Wildman–Crippen MR) is 62.0 cm³/mol. The van der Waals surface area contributed by atoms with E-state index in [1.807, 2.05) is 6.92 Å². The molecule has 0 aliphatic carbocycles. The van der Waals surface area contributed by atoms with Crippen LogP contribution in [0.1, 0.15) is 33.1 Å². The molecule has 0 saturated carbocycles. The number of nitrogens with one attached hydrogen (secondary N) is 1. The molecule has 3 unspecified atom stereocenters. The Morgan fingerprint density at radius 1 is 1.67 bits per heavy atom. The van der Waals surface area contributed by atoms with E-state index in [4.69, 9.17) is 11.1 Å². The third kappa shape index (κ3) is 3.47. The maximum absolute atomic E-state index is 9.51. The molecule has 1 aliphatic rings. The summed E-state index contributed by atoms with van der Waals surface area (Å²) in [6.45, 7) is 5.97. The molecule has 88 valence electrons. The number of amidine groups is 1. The molecular weight excluding hydrogens is 190 g/mol. The van der Waals surface area contributed by atoms with Crippen LogP contribution in [0.3, 0.4) is 0 Å². The summed E-state index contributed by atoms with van der Waals surface area (Å²) in [6, 6.07) is 0.381. The molecule has 0 aromatic carbocycles. The van der Waals surface area contributed by atoms with Crippen molar-refractivity contribution < 1.29 is 5.11 Å². The minimum Gasteiger partial charge on any atom is -0.393 e. The second-order valence-electron chi connectivity index (χ2n) is 4.58. The van der Waals surface area contributed by atoms with Crippen LogP contribution in [0.25, 0.3) is 0 Å². The van der Waals surface area contributed by atoms with Gasteiger partial charge in [-0.25, -0.2) is 0 Å². The predicted octanol–water partition coefficient (Wildman–Crippen LogP) is 0.794. The zero-order valence-corrected chi connectivity index (χ0v) is 9.74. The molecule has 1 heterocycles. The Labute approximate surface area is 92.0 Å². The van der Waals surface area contributed by atoms with Crippen molar-refractivity contribution in [1.29, 1.82) is 5.41 Å². The van der Waals surface area contributed by atoms with Crippen molar-refractivity contribution in [2.75, 3.05) is 13.1 Å². The molecule has 0 aromatic rings. The molecule has 0 amide bonds. The largest absolute Gasteiger partial charge is 0.393 e. The molecule has 1 aliphatic heterocycles. The van der Waals surface area contributed by atoms with Gasteiger partial charge in [-0.3, -0.25) is 10.3 Å². The van der Waals surface area contributed by atoms with Gasteiger partial charge >= 0.3 is 0 Å². The average molecular weight is 213 g/mol. The summed E-state index contributed by atoms with van der Waals surface area (Å²) in [5, 5.41) is 16.8. The lowest BCUT2D eigenvalue weighted by molar-refractivity contribution is 0.122. The Hall–Kier alpha value is -0.610. The standard InChI is InChI=1S/C11H23N3O/c1-3-10(6-11(12)13)14-5-4-9(7-14)8(2)15/h8-10,15H,3-7H2,1-2H3,(H3,12,13). The highest BCUT2D eigenvalue weighted by molar-refractivity contribution is 5.77. The lowest BCUT2D eigenvalue weighted by atomic mass is 10.0. The number of likely N-dealkylation sites (tertiary alicyclic amines) is 1. The molecule has 0 radical (unpaired) electrons. The first-order chi connectivity index (χ1) is 7.04. The van der Waals surface area contributed by atoms with Crippen molar-refractivity contribution in [3.63, 3.8) is 0 Å². The van der Waals surface area contributed by atoms with Crippen LogP contribution in [-0.4, -0.2) is 41.1 Å². The van der Waals surface area contributed by atoms with Gasteiger partial charge in [0, 0.05) is 19.0 Å². The normalized spacial score (nSPS) is 26.5. The molecule has 0 spiro atoms. The Morgan fingerprint density at radius 2 is 2.33 bits per heavy atom. The molecule has 1 fully saturated rings. The van der Waals surface area contributed by atoms with Crippen molar-refractivity contribution in [1.82, 2.24) is 4.90 Å². The quantitative estimate of drug-likeness (QED) is 0.467. The monoisotopic (exact) mass is 213 g/mol. The summed E-state index contributed by atoms with van der Waals surface area (Å²) >= 11 is 0. The first-order valence-electron chi connectivity index (χ1n) is 5.79. The third-order valence-corrected chi connectivity index (χ3v) is 3.38. The van der Waals surface area contributed by atoms with Crippen LogP contribution >= 0.6 is 0 Å². The number of hydrogen-bond acceptors (Lipinski definition) is 3. The van der Waals surface area contributed by atoms with Crippen LogP contribution in [0, 0.1) is 11.3 Å². The van der Waals surface area contributed by atoms with Gasteiger partial charge in [-0.1, -0.05) is 6.92 Å². The van der Waals surface area contributed by atoms with Crippen LogP contribution in [0.4, 0.5) is 0 Å². The first kappa shape index (κ1) is 12.5. The molecule has 1 rings (SSSR count). The minimum atomic E-state index is -0.218. The number of hydrogen-bond donors (Lipinski definition) is 3. The maximum atomic E-state index is 9.51. The van der Waals surface area contributed by atoms with Crippen molar-refractivity contribution in [3.8, 4) is 0 Å². The van der Waals surface area contributed by atoms with Gasteiger partial charge in [0.05, 0.1) is 11.9 Å². The lowest BCUT2D eigenvalue weighted by Crippen LogP contribution is -2.36. The zero-order chi connectivity index (χ0) is 11.4. The highest BCUT2D eigenvalue weighted by Crippen LogP contribution is 2.23. The maximum Gasteiger partial charge on any atom is 0.0921 e. The minimum absolute atomic E-state index is 0.218. The Bertz CT molecular complexity index is 218. The van der Waals surface area contributed by atoms with Crippen LogP contribution < -0.4 is 5.73 Å².